The number of rotatable bonds is 5. The van der Waals surface area contributed by atoms with Gasteiger partial charge < -0.3 is 19.9 Å². The third-order valence-electron chi connectivity index (χ3n) is 5.31. The Morgan fingerprint density at radius 1 is 1.24 bits per heavy atom. The molecule has 7 heteroatoms. The molecule has 0 bridgehead atoms. The first-order valence-corrected chi connectivity index (χ1v) is 9.23. The molecule has 2 fully saturated rings. The van der Waals surface area contributed by atoms with Crippen LogP contribution in [-0.2, 0) is 16.1 Å². The molecule has 2 saturated heterocycles. The molecule has 1 N–H and O–H groups in total. The summed E-state index contributed by atoms with van der Waals surface area (Å²) in [6.45, 7) is 4.36. The van der Waals surface area contributed by atoms with E-state index in [1.807, 2.05) is 11.9 Å². The van der Waals surface area contributed by atoms with Crippen molar-refractivity contribution in [2.45, 2.75) is 38.3 Å². The van der Waals surface area contributed by atoms with Crippen LogP contribution in [0.5, 0.6) is 0 Å². The Morgan fingerprint density at radius 3 is 2.48 bits per heavy atom. The predicted molar refractivity (Wildman–Crippen MR) is 96.2 cm³/mol. The van der Waals surface area contributed by atoms with Gasteiger partial charge in [-0.05, 0) is 38.8 Å². The average Bonchev–Trinajstić information content (AvgIpc) is 2.69. The van der Waals surface area contributed by atoms with Gasteiger partial charge >= 0.3 is 0 Å². The molecule has 0 unspecified atom stereocenters. The summed E-state index contributed by atoms with van der Waals surface area (Å²) in [6.07, 6.45) is 7.71. The van der Waals surface area contributed by atoms with Gasteiger partial charge in [0.2, 0.25) is 11.9 Å². The first-order chi connectivity index (χ1) is 12.2. The first-order valence-electron chi connectivity index (χ1n) is 9.23. The number of hydrogen-bond acceptors (Lipinski definition) is 6. The minimum atomic E-state index is 0.138. The van der Waals surface area contributed by atoms with Crippen LogP contribution in [0, 0.1) is 5.92 Å². The van der Waals surface area contributed by atoms with Crippen molar-refractivity contribution in [3.63, 3.8) is 0 Å². The summed E-state index contributed by atoms with van der Waals surface area (Å²) in [5, 5.41) is 2.90. The number of nitrogens with one attached hydrogen (secondary N) is 1. The monoisotopic (exact) mass is 347 g/mol. The molecule has 1 aromatic heterocycles. The van der Waals surface area contributed by atoms with E-state index in [-0.39, 0.29) is 11.8 Å². The highest BCUT2D eigenvalue weighted by atomic mass is 16.5. The molecule has 1 aromatic rings. The zero-order chi connectivity index (χ0) is 17.6. The number of aromatic nitrogens is 2. The van der Waals surface area contributed by atoms with E-state index >= 15 is 0 Å². The molecule has 1 amide bonds. The molecule has 2 aliphatic heterocycles. The summed E-state index contributed by atoms with van der Waals surface area (Å²) in [4.78, 5) is 25.5. The number of ether oxygens (including phenoxy) is 1. The summed E-state index contributed by atoms with van der Waals surface area (Å²) in [5.41, 5.74) is 0.953. The number of piperidine rings is 1. The van der Waals surface area contributed by atoms with Crippen LogP contribution in [0.3, 0.4) is 0 Å². The molecule has 3 rings (SSSR count). The van der Waals surface area contributed by atoms with Crippen LogP contribution in [0.15, 0.2) is 12.4 Å². The summed E-state index contributed by atoms with van der Waals surface area (Å²) >= 11 is 0. The quantitative estimate of drug-likeness (QED) is 0.867. The van der Waals surface area contributed by atoms with Crippen molar-refractivity contribution < 1.29 is 9.53 Å². The van der Waals surface area contributed by atoms with Gasteiger partial charge in [-0.25, -0.2) is 9.97 Å². The fourth-order valence-electron chi connectivity index (χ4n) is 3.79. The van der Waals surface area contributed by atoms with Gasteiger partial charge in [-0.15, -0.1) is 0 Å². The molecule has 0 radical (unpaired) electrons. The minimum absolute atomic E-state index is 0.138. The second-order valence-electron chi connectivity index (χ2n) is 7.01. The van der Waals surface area contributed by atoms with Crippen LogP contribution >= 0.6 is 0 Å². The van der Waals surface area contributed by atoms with Crippen LogP contribution in [0.1, 0.15) is 31.2 Å². The lowest BCUT2D eigenvalue weighted by atomic mass is 9.93. The lowest BCUT2D eigenvalue weighted by molar-refractivity contribution is -0.136. The number of hydrogen-bond donors (Lipinski definition) is 1. The minimum Gasteiger partial charge on any atom is -0.381 e. The summed E-state index contributed by atoms with van der Waals surface area (Å²) in [5.74, 6) is 0.973. The molecular formula is C18H29N5O2. The smallest absolute Gasteiger partial charge is 0.225 e. The van der Waals surface area contributed by atoms with Gasteiger partial charge in [-0.3, -0.25) is 4.79 Å². The first kappa shape index (κ1) is 18.1. The Hall–Kier alpha value is -1.73. The van der Waals surface area contributed by atoms with Gasteiger partial charge in [-0.2, -0.15) is 0 Å². The standard InChI is InChI=1S/C18H29N5O2/c1-19-18-20-11-14(12-21-18)13-22(2)17(24)15-3-7-23(8-4-15)16-5-9-25-10-6-16/h11-12,15-16H,3-10,13H2,1-2H3,(H,19,20,21). The highest BCUT2D eigenvalue weighted by Gasteiger charge is 2.30. The van der Waals surface area contributed by atoms with Crippen molar-refractivity contribution in [1.29, 1.82) is 0 Å². The Labute approximate surface area is 149 Å². The Balaban J connectivity index is 1.47. The van der Waals surface area contributed by atoms with Crippen LogP contribution in [-0.4, -0.2) is 72.1 Å². The Morgan fingerprint density at radius 2 is 1.88 bits per heavy atom. The average molecular weight is 347 g/mol. The highest BCUT2D eigenvalue weighted by Crippen LogP contribution is 2.24. The second kappa shape index (κ2) is 8.58. The highest BCUT2D eigenvalue weighted by molar-refractivity contribution is 5.78. The molecule has 0 atom stereocenters. The normalized spacial score (nSPS) is 20.4. The maximum Gasteiger partial charge on any atom is 0.225 e. The largest absolute Gasteiger partial charge is 0.381 e. The Kier molecular flexibility index (Phi) is 6.20. The molecule has 0 saturated carbocycles. The fourth-order valence-corrected chi connectivity index (χ4v) is 3.79. The Bertz CT molecular complexity index is 551. The van der Waals surface area contributed by atoms with Crippen molar-refractivity contribution >= 4 is 11.9 Å². The number of nitrogens with zero attached hydrogens (tertiary/aromatic N) is 4. The number of anilines is 1. The van der Waals surface area contributed by atoms with E-state index in [2.05, 4.69) is 20.2 Å². The fraction of sp³-hybridized carbons (Fsp3) is 0.722. The van der Waals surface area contributed by atoms with E-state index in [9.17, 15) is 4.79 Å². The maximum atomic E-state index is 12.7. The predicted octanol–water partition coefficient (Wildman–Crippen LogP) is 1.37. The third kappa shape index (κ3) is 4.67. The molecule has 25 heavy (non-hydrogen) atoms. The van der Waals surface area contributed by atoms with E-state index in [1.165, 1.54) is 0 Å². The maximum absolute atomic E-state index is 12.7. The molecule has 2 aliphatic rings. The van der Waals surface area contributed by atoms with Crippen molar-refractivity contribution in [2.75, 3.05) is 45.7 Å². The van der Waals surface area contributed by atoms with Crippen molar-refractivity contribution in [3.05, 3.63) is 18.0 Å². The van der Waals surface area contributed by atoms with E-state index in [1.54, 1.807) is 19.4 Å². The van der Waals surface area contributed by atoms with Gasteiger partial charge in [-0.1, -0.05) is 0 Å². The number of likely N-dealkylation sites (tertiary alicyclic amines) is 1. The molecule has 7 nitrogen and oxygen atoms in total. The zero-order valence-corrected chi connectivity index (χ0v) is 15.3. The van der Waals surface area contributed by atoms with Crippen molar-refractivity contribution in [3.8, 4) is 0 Å². The van der Waals surface area contributed by atoms with Crippen molar-refractivity contribution in [1.82, 2.24) is 19.8 Å². The van der Waals surface area contributed by atoms with Crippen LogP contribution in [0.4, 0.5) is 5.95 Å². The van der Waals surface area contributed by atoms with E-state index in [0.29, 0.717) is 18.5 Å². The van der Waals surface area contributed by atoms with E-state index in [4.69, 9.17) is 4.74 Å². The van der Waals surface area contributed by atoms with Gasteiger partial charge in [0.15, 0.2) is 0 Å². The zero-order valence-electron chi connectivity index (χ0n) is 15.3. The van der Waals surface area contributed by atoms with Gasteiger partial charge in [0, 0.05) is 63.8 Å². The topological polar surface area (TPSA) is 70.6 Å². The lowest BCUT2D eigenvalue weighted by Crippen LogP contribution is -2.46. The van der Waals surface area contributed by atoms with Gasteiger partial charge in [0.25, 0.3) is 0 Å². The SMILES string of the molecule is CNc1ncc(CN(C)C(=O)C2CCN(C3CCOCC3)CC2)cn1. The number of carbonyl (C=O) groups is 1. The summed E-state index contributed by atoms with van der Waals surface area (Å²) in [7, 11) is 3.66. The lowest BCUT2D eigenvalue weighted by Gasteiger charge is -2.39. The number of carbonyl (C=O) groups excluding carboxylic acids is 1. The third-order valence-corrected chi connectivity index (χ3v) is 5.31. The van der Waals surface area contributed by atoms with Gasteiger partial charge in [0.05, 0.1) is 0 Å². The van der Waals surface area contributed by atoms with Crippen LogP contribution < -0.4 is 5.32 Å². The molecule has 0 aromatic carbocycles. The molecule has 3 heterocycles. The van der Waals surface area contributed by atoms with Gasteiger partial charge in [0.1, 0.15) is 0 Å². The summed E-state index contributed by atoms with van der Waals surface area (Å²) in [6, 6.07) is 0.644. The number of amides is 1. The van der Waals surface area contributed by atoms with E-state index < -0.39 is 0 Å². The second-order valence-corrected chi connectivity index (χ2v) is 7.01. The molecule has 0 spiro atoms. The summed E-state index contributed by atoms with van der Waals surface area (Å²) < 4.78 is 5.45. The van der Waals surface area contributed by atoms with Crippen LogP contribution in [0.2, 0.25) is 0 Å². The molecular weight excluding hydrogens is 318 g/mol. The van der Waals surface area contributed by atoms with E-state index in [0.717, 1.165) is 57.6 Å². The van der Waals surface area contributed by atoms with Crippen LogP contribution in [0.25, 0.3) is 0 Å². The van der Waals surface area contributed by atoms with Crippen molar-refractivity contribution in [2.24, 2.45) is 5.92 Å². The molecule has 0 aliphatic carbocycles. The molecule has 138 valence electrons.